The highest BCUT2D eigenvalue weighted by atomic mass is 16.2. The SMILES string of the molecule is [CH2]CN(C(=O)CCCC)C(C)C. The molecule has 0 saturated carbocycles. The molecule has 0 saturated heterocycles. The summed E-state index contributed by atoms with van der Waals surface area (Å²) in [5.41, 5.74) is 0. The minimum absolute atomic E-state index is 0.238. The Kier molecular flexibility index (Phi) is 5.77. The summed E-state index contributed by atoms with van der Waals surface area (Å²) in [4.78, 5) is 13.3. The molecule has 0 unspecified atom stereocenters. The zero-order valence-corrected chi connectivity index (χ0v) is 8.47. The van der Waals surface area contributed by atoms with Crippen LogP contribution in [0.15, 0.2) is 0 Å². The summed E-state index contributed by atoms with van der Waals surface area (Å²) in [5, 5.41) is 0. The molecule has 0 aliphatic carbocycles. The highest BCUT2D eigenvalue weighted by Gasteiger charge is 2.13. The van der Waals surface area contributed by atoms with Crippen molar-refractivity contribution in [2.75, 3.05) is 6.54 Å². The predicted octanol–water partition coefficient (Wildman–Crippen LogP) is 2.25. The normalized spacial score (nSPS) is 10.4. The van der Waals surface area contributed by atoms with Crippen LogP contribution in [0.1, 0.15) is 40.0 Å². The molecule has 2 heteroatoms. The molecule has 0 heterocycles. The van der Waals surface area contributed by atoms with Crippen molar-refractivity contribution in [3.8, 4) is 0 Å². The lowest BCUT2D eigenvalue weighted by atomic mass is 10.2. The van der Waals surface area contributed by atoms with E-state index in [1.165, 1.54) is 0 Å². The maximum Gasteiger partial charge on any atom is 0.222 e. The van der Waals surface area contributed by atoms with Gasteiger partial charge in [-0.25, -0.2) is 0 Å². The van der Waals surface area contributed by atoms with E-state index in [-0.39, 0.29) is 11.9 Å². The molecule has 2 nitrogen and oxygen atoms in total. The van der Waals surface area contributed by atoms with Gasteiger partial charge in [0.1, 0.15) is 0 Å². The summed E-state index contributed by atoms with van der Waals surface area (Å²) >= 11 is 0. The Morgan fingerprint density at radius 1 is 1.50 bits per heavy atom. The topological polar surface area (TPSA) is 20.3 Å². The maximum absolute atomic E-state index is 11.5. The standard InChI is InChI=1S/C10H20NO/c1-5-7-8-10(12)11(6-2)9(3)4/h9H,2,5-8H2,1,3-4H3. The Balaban J connectivity index is 3.86. The summed E-state index contributed by atoms with van der Waals surface area (Å²) < 4.78 is 0. The van der Waals surface area contributed by atoms with E-state index in [2.05, 4.69) is 13.8 Å². The van der Waals surface area contributed by atoms with Crippen molar-refractivity contribution in [1.82, 2.24) is 4.90 Å². The molecule has 0 aliphatic rings. The Bertz CT molecular complexity index is 132. The van der Waals surface area contributed by atoms with E-state index in [1.54, 1.807) is 0 Å². The number of rotatable bonds is 5. The van der Waals surface area contributed by atoms with Crippen LogP contribution in [0.25, 0.3) is 0 Å². The first-order valence-corrected chi connectivity index (χ1v) is 4.72. The van der Waals surface area contributed by atoms with Crippen LogP contribution in [0.5, 0.6) is 0 Å². The minimum atomic E-state index is 0.238. The van der Waals surface area contributed by atoms with Crippen molar-refractivity contribution < 1.29 is 4.79 Å². The molecule has 12 heavy (non-hydrogen) atoms. The third-order valence-electron chi connectivity index (χ3n) is 1.93. The lowest BCUT2D eigenvalue weighted by molar-refractivity contribution is -0.132. The quantitative estimate of drug-likeness (QED) is 0.619. The van der Waals surface area contributed by atoms with Crippen molar-refractivity contribution in [2.24, 2.45) is 0 Å². The molecular formula is C10H20NO. The third kappa shape index (κ3) is 3.74. The van der Waals surface area contributed by atoms with E-state index in [4.69, 9.17) is 0 Å². The van der Waals surface area contributed by atoms with Gasteiger partial charge in [-0.05, 0) is 27.2 Å². The van der Waals surface area contributed by atoms with Gasteiger partial charge in [0.25, 0.3) is 0 Å². The first-order chi connectivity index (χ1) is 5.63. The van der Waals surface area contributed by atoms with E-state index in [0.717, 1.165) is 12.8 Å². The Morgan fingerprint density at radius 2 is 2.08 bits per heavy atom. The number of amides is 1. The van der Waals surface area contributed by atoms with Gasteiger partial charge in [-0.15, -0.1) is 0 Å². The molecule has 1 amide bonds. The molecular weight excluding hydrogens is 150 g/mol. The first-order valence-electron chi connectivity index (χ1n) is 4.72. The summed E-state index contributed by atoms with van der Waals surface area (Å²) in [6.45, 7) is 10.5. The molecule has 0 bridgehead atoms. The maximum atomic E-state index is 11.5. The molecule has 0 aromatic carbocycles. The van der Waals surface area contributed by atoms with Gasteiger partial charge in [-0.1, -0.05) is 13.3 Å². The van der Waals surface area contributed by atoms with Crippen LogP contribution < -0.4 is 0 Å². The minimum Gasteiger partial charge on any atom is -0.340 e. The van der Waals surface area contributed by atoms with E-state index in [1.807, 2.05) is 18.7 Å². The molecule has 0 aromatic rings. The second-order valence-electron chi connectivity index (χ2n) is 3.28. The van der Waals surface area contributed by atoms with Crippen molar-refractivity contribution in [2.45, 2.75) is 46.1 Å². The fourth-order valence-electron chi connectivity index (χ4n) is 1.14. The Morgan fingerprint density at radius 3 is 2.42 bits per heavy atom. The first kappa shape index (κ1) is 11.5. The average Bonchev–Trinajstić information content (AvgIpc) is 2.01. The highest BCUT2D eigenvalue weighted by molar-refractivity contribution is 5.76. The van der Waals surface area contributed by atoms with Crippen LogP contribution in [0.3, 0.4) is 0 Å². The average molecular weight is 170 g/mol. The van der Waals surface area contributed by atoms with Gasteiger partial charge in [0.15, 0.2) is 0 Å². The van der Waals surface area contributed by atoms with Gasteiger partial charge in [-0.2, -0.15) is 0 Å². The fourth-order valence-corrected chi connectivity index (χ4v) is 1.14. The number of unbranched alkanes of at least 4 members (excludes halogenated alkanes) is 1. The van der Waals surface area contributed by atoms with Crippen molar-refractivity contribution in [3.05, 3.63) is 6.92 Å². The smallest absolute Gasteiger partial charge is 0.222 e. The van der Waals surface area contributed by atoms with Crippen LogP contribution in [0.2, 0.25) is 0 Å². The van der Waals surface area contributed by atoms with E-state index in [9.17, 15) is 4.79 Å². The van der Waals surface area contributed by atoms with Crippen molar-refractivity contribution in [3.63, 3.8) is 0 Å². The van der Waals surface area contributed by atoms with Crippen LogP contribution in [0.4, 0.5) is 0 Å². The third-order valence-corrected chi connectivity index (χ3v) is 1.93. The summed E-state index contributed by atoms with van der Waals surface area (Å²) in [7, 11) is 0. The summed E-state index contributed by atoms with van der Waals surface area (Å²) in [5.74, 6) is 0.238. The molecule has 0 aliphatic heterocycles. The monoisotopic (exact) mass is 170 g/mol. The molecule has 0 spiro atoms. The molecule has 0 fully saturated rings. The van der Waals surface area contributed by atoms with Crippen LogP contribution >= 0.6 is 0 Å². The second kappa shape index (κ2) is 6.04. The number of hydrogen-bond acceptors (Lipinski definition) is 1. The van der Waals surface area contributed by atoms with Gasteiger partial charge in [-0.3, -0.25) is 4.79 Å². The van der Waals surface area contributed by atoms with Gasteiger partial charge in [0.05, 0.1) is 0 Å². The molecule has 0 aromatic heterocycles. The molecule has 71 valence electrons. The van der Waals surface area contributed by atoms with E-state index in [0.29, 0.717) is 13.0 Å². The summed E-state index contributed by atoms with van der Waals surface area (Å²) in [6.07, 6.45) is 2.74. The molecule has 0 atom stereocenters. The second-order valence-corrected chi connectivity index (χ2v) is 3.28. The van der Waals surface area contributed by atoms with Gasteiger partial charge >= 0.3 is 0 Å². The predicted molar refractivity (Wildman–Crippen MR) is 51.7 cm³/mol. The van der Waals surface area contributed by atoms with E-state index >= 15 is 0 Å². The molecule has 0 rings (SSSR count). The van der Waals surface area contributed by atoms with Crippen LogP contribution in [-0.2, 0) is 4.79 Å². The van der Waals surface area contributed by atoms with Gasteiger partial charge < -0.3 is 4.90 Å². The number of carbonyl (C=O) groups excluding carboxylic acids is 1. The van der Waals surface area contributed by atoms with Crippen molar-refractivity contribution >= 4 is 5.91 Å². The summed E-state index contributed by atoms with van der Waals surface area (Å²) in [6, 6.07) is 0.284. The van der Waals surface area contributed by atoms with Gasteiger partial charge in [0, 0.05) is 19.0 Å². The number of carbonyl (C=O) groups is 1. The number of nitrogens with zero attached hydrogens (tertiary/aromatic N) is 1. The van der Waals surface area contributed by atoms with E-state index < -0.39 is 0 Å². The van der Waals surface area contributed by atoms with Crippen molar-refractivity contribution in [1.29, 1.82) is 0 Å². The number of hydrogen-bond donors (Lipinski definition) is 0. The Labute approximate surface area is 75.9 Å². The largest absolute Gasteiger partial charge is 0.340 e. The van der Waals surface area contributed by atoms with Crippen LogP contribution in [-0.4, -0.2) is 23.4 Å². The zero-order valence-electron chi connectivity index (χ0n) is 8.47. The Hall–Kier alpha value is -0.530. The lowest BCUT2D eigenvalue weighted by Crippen LogP contribution is -2.36. The highest BCUT2D eigenvalue weighted by Crippen LogP contribution is 2.04. The zero-order chi connectivity index (χ0) is 9.56. The van der Waals surface area contributed by atoms with Gasteiger partial charge in [0.2, 0.25) is 5.91 Å². The molecule has 0 N–H and O–H groups in total. The molecule has 1 radical (unpaired) electrons. The lowest BCUT2D eigenvalue weighted by Gasteiger charge is -2.24. The fraction of sp³-hybridized carbons (Fsp3) is 0.800. The van der Waals surface area contributed by atoms with Crippen LogP contribution in [0, 0.1) is 6.92 Å².